The van der Waals surface area contributed by atoms with Crippen molar-refractivity contribution in [2.75, 3.05) is 39.3 Å². The minimum atomic E-state index is 0.0161. The number of rotatable bonds is 14. The smallest absolute Gasteiger partial charge is 0.108 e. The Morgan fingerprint density at radius 2 is 0.915 bits per heavy atom. The average Bonchev–Trinajstić information content (AvgIpc) is 3.15. The van der Waals surface area contributed by atoms with Crippen LogP contribution in [-0.2, 0) is 9.47 Å². The summed E-state index contributed by atoms with van der Waals surface area (Å²) in [6, 6.07) is 42.2. The number of likely N-dealkylation sites (tertiary alicyclic amines) is 1. The van der Waals surface area contributed by atoms with Gasteiger partial charge in [0.2, 0.25) is 0 Å². The first-order valence-corrected chi connectivity index (χ1v) is 17.8. The summed E-state index contributed by atoms with van der Waals surface area (Å²) in [5, 5.41) is 12.2. The first-order valence-electron chi connectivity index (χ1n) is 17.8. The SMILES string of the molecule is OCCCCCCN1CCC(OC(c2ccccc2)c2ccccc2)CC1.c1ccc(C(OC2CCNCC2)c2ccccc2)cc1. The van der Waals surface area contributed by atoms with E-state index in [1.54, 1.807) is 0 Å². The van der Waals surface area contributed by atoms with Crippen molar-refractivity contribution < 1.29 is 14.6 Å². The van der Waals surface area contributed by atoms with E-state index in [4.69, 9.17) is 14.6 Å². The number of piperidine rings is 2. The van der Waals surface area contributed by atoms with Crippen LogP contribution in [0.15, 0.2) is 121 Å². The van der Waals surface area contributed by atoms with Crippen LogP contribution < -0.4 is 5.32 Å². The zero-order chi connectivity index (χ0) is 32.4. The Balaban J connectivity index is 0.000000193. The molecule has 0 spiro atoms. The molecule has 5 nitrogen and oxygen atoms in total. The molecule has 2 heterocycles. The van der Waals surface area contributed by atoms with Crippen LogP contribution in [0.3, 0.4) is 0 Å². The Morgan fingerprint density at radius 1 is 0.532 bits per heavy atom. The van der Waals surface area contributed by atoms with E-state index in [1.165, 1.54) is 41.6 Å². The molecule has 0 saturated carbocycles. The highest BCUT2D eigenvalue weighted by atomic mass is 16.5. The molecule has 2 saturated heterocycles. The molecule has 2 N–H and O–H groups in total. The Kier molecular flexibility index (Phi) is 15.0. The van der Waals surface area contributed by atoms with Crippen molar-refractivity contribution in [2.45, 2.75) is 75.8 Å². The van der Waals surface area contributed by atoms with Crippen LogP contribution in [0.5, 0.6) is 0 Å². The van der Waals surface area contributed by atoms with E-state index in [-0.39, 0.29) is 12.2 Å². The molecule has 250 valence electrons. The van der Waals surface area contributed by atoms with Gasteiger partial charge in [-0.15, -0.1) is 0 Å². The highest BCUT2D eigenvalue weighted by molar-refractivity contribution is 5.31. The molecule has 2 fully saturated rings. The normalized spacial score (nSPS) is 16.2. The summed E-state index contributed by atoms with van der Waals surface area (Å²) in [7, 11) is 0. The molecule has 2 aliphatic rings. The van der Waals surface area contributed by atoms with Crippen LogP contribution in [0.1, 0.15) is 85.8 Å². The first-order chi connectivity index (χ1) is 23.3. The lowest BCUT2D eigenvalue weighted by Gasteiger charge is -2.34. The van der Waals surface area contributed by atoms with Crippen molar-refractivity contribution in [3.63, 3.8) is 0 Å². The molecule has 0 bridgehead atoms. The lowest BCUT2D eigenvalue weighted by Crippen LogP contribution is -2.38. The van der Waals surface area contributed by atoms with Crippen molar-refractivity contribution >= 4 is 0 Å². The summed E-state index contributed by atoms with van der Waals surface area (Å²) in [6.07, 6.45) is 9.67. The van der Waals surface area contributed by atoms with Crippen LogP contribution in [-0.4, -0.2) is 61.5 Å². The van der Waals surface area contributed by atoms with Gasteiger partial charge >= 0.3 is 0 Å². The summed E-state index contributed by atoms with van der Waals surface area (Å²) < 4.78 is 13.0. The third-order valence-corrected chi connectivity index (χ3v) is 9.27. The van der Waals surface area contributed by atoms with Crippen molar-refractivity contribution in [2.24, 2.45) is 0 Å². The molecule has 47 heavy (non-hydrogen) atoms. The quantitative estimate of drug-likeness (QED) is 0.137. The van der Waals surface area contributed by atoms with Crippen LogP contribution in [0.2, 0.25) is 0 Å². The van der Waals surface area contributed by atoms with Crippen LogP contribution in [0, 0.1) is 0 Å². The molecular formula is C42H54N2O3. The van der Waals surface area contributed by atoms with Crippen LogP contribution in [0.4, 0.5) is 0 Å². The lowest BCUT2D eigenvalue weighted by atomic mass is 10.00. The standard InChI is InChI=1S/C24H33NO2.C18H21NO/c26-20-10-2-1-9-17-25-18-15-23(16-19-25)27-24(21-11-5-3-6-12-21)22-13-7-4-8-14-22;1-3-7-15(8-4-1)18(16-9-5-2-6-10-16)20-17-11-13-19-14-12-17/h3-8,11-14,23-24,26H,1-2,9-10,15-20H2;1-10,17-19H,11-14H2. The number of nitrogens with one attached hydrogen (secondary N) is 1. The van der Waals surface area contributed by atoms with Crippen LogP contribution in [0.25, 0.3) is 0 Å². The maximum Gasteiger partial charge on any atom is 0.108 e. The number of aliphatic hydroxyl groups is 1. The summed E-state index contributed by atoms with van der Waals surface area (Å²) >= 11 is 0. The Labute approximate surface area is 282 Å². The van der Waals surface area contributed by atoms with Gasteiger partial charge in [0.25, 0.3) is 0 Å². The molecular weight excluding hydrogens is 580 g/mol. The van der Waals surface area contributed by atoms with Gasteiger partial charge in [-0.1, -0.05) is 134 Å². The maximum absolute atomic E-state index is 8.86. The monoisotopic (exact) mass is 634 g/mol. The van der Waals surface area contributed by atoms with Crippen LogP contribution >= 0.6 is 0 Å². The number of unbranched alkanes of at least 4 members (excludes halogenated alkanes) is 3. The van der Waals surface area contributed by atoms with E-state index in [1.807, 2.05) is 0 Å². The fourth-order valence-corrected chi connectivity index (χ4v) is 6.60. The van der Waals surface area contributed by atoms with E-state index in [0.29, 0.717) is 18.8 Å². The topological polar surface area (TPSA) is 54.0 Å². The fraction of sp³-hybridized carbons (Fsp3) is 0.429. The van der Waals surface area contributed by atoms with E-state index >= 15 is 0 Å². The van der Waals surface area contributed by atoms with Gasteiger partial charge in [0.1, 0.15) is 12.2 Å². The van der Waals surface area contributed by atoms with E-state index in [0.717, 1.165) is 64.7 Å². The molecule has 0 aliphatic carbocycles. The highest BCUT2D eigenvalue weighted by Gasteiger charge is 2.25. The lowest BCUT2D eigenvalue weighted by molar-refractivity contribution is -0.0271. The largest absolute Gasteiger partial charge is 0.396 e. The molecule has 0 radical (unpaired) electrons. The Bertz CT molecular complexity index is 1260. The molecule has 0 amide bonds. The second-order valence-electron chi connectivity index (χ2n) is 12.8. The number of nitrogens with zero attached hydrogens (tertiary/aromatic N) is 1. The van der Waals surface area contributed by atoms with Crippen molar-refractivity contribution in [1.29, 1.82) is 0 Å². The summed E-state index contributed by atoms with van der Waals surface area (Å²) in [5.41, 5.74) is 4.93. The van der Waals surface area contributed by atoms with Gasteiger partial charge in [-0.2, -0.15) is 0 Å². The van der Waals surface area contributed by atoms with Gasteiger partial charge < -0.3 is 24.8 Å². The van der Waals surface area contributed by atoms with Crippen molar-refractivity contribution in [3.8, 4) is 0 Å². The number of ether oxygens (including phenoxy) is 2. The fourth-order valence-electron chi connectivity index (χ4n) is 6.60. The summed E-state index contributed by atoms with van der Waals surface area (Å²) in [5.74, 6) is 0. The van der Waals surface area contributed by atoms with Gasteiger partial charge in [0.05, 0.1) is 12.2 Å². The summed E-state index contributed by atoms with van der Waals surface area (Å²) in [6.45, 7) is 5.87. The molecule has 4 aromatic carbocycles. The predicted octanol–water partition coefficient (Wildman–Crippen LogP) is 8.35. The van der Waals surface area contributed by atoms with Gasteiger partial charge in [-0.05, 0) is 80.4 Å². The first kappa shape index (κ1) is 35.0. The van der Waals surface area contributed by atoms with Crippen molar-refractivity contribution in [1.82, 2.24) is 10.2 Å². The highest BCUT2D eigenvalue weighted by Crippen LogP contribution is 2.31. The molecule has 6 rings (SSSR count). The van der Waals surface area contributed by atoms with Crippen molar-refractivity contribution in [3.05, 3.63) is 144 Å². The average molecular weight is 635 g/mol. The Morgan fingerprint density at radius 3 is 1.32 bits per heavy atom. The molecule has 0 atom stereocenters. The predicted molar refractivity (Wildman–Crippen MR) is 193 cm³/mol. The molecule has 0 aromatic heterocycles. The molecule has 0 unspecified atom stereocenters. The van der Waals surface area contributed by atoms with Gasteiger partial charge in [-0.3, -0.25) is 0 Å². The van der Waals surface area contributed by atoms with E-state index in [9.17, 15) is 0 Å². The number of hydrogen-bond acceptors (Lipinski definition) is 5. The molecule has 5 heteroatoms. The summed E-state index contributed by atoms with van der Waals surface area (Å²) in [4.78, 5) is 2.57. The zero-order valence-corrected chi connectivity index (χ0v) is 28.0. The number of benzene rings is 4. The number of aliphatic hydroxyl groups excluding tert-OH is 1. The minimum Gasteiger partial charge on any atom is -0.396 e. The van der Waals surface area contributed by atoms with Gasteiger partial charge in [0.15, 0.2) is 0 Å². The second kappa shape index (κ2) is 20.1. The molecule has 2 aliphatic heterocycles. The third-order valence-electron chi connectivity index (χ3n) is 9.27. The molecule has 4 aromatic rings. The zero-order valence-electron chi connectivity index (χ0n) is 28.0. The van der Waals surface area contributed by atoms with Gasteiger partial charge in [-0.25, -0.2) is 0 Å². The van der Waals surface area contributed by atoms with E-state index < -0.39 is 0 Å². The van der Waals surface area contributed by atoms with E-state index in [2.05, 4.69) is 132 Å². The second-order valence-corrected chi connectivity index (χ2v) is 12.8. The third kappa shape index (κ3) is 11.7. The van der Waals surface area contributed by atoms with Gasteiger partial charge in [0, 0.05) is 19.7 Å². The maximum atomic E-state index is 8.86. The minimum absolute atomic E-state index is 0.0161. The number of hydrogen-bond donors (Lipinski definition) is 2. The Hall–Kier alpha value is -3.32.